The Morgan fingerprint density at radius 3 is 2.17 bits per heavy atom. The first-order chi connectivity index (χ1) is 17.0. The number of unbranched alkanes of at least 4 members (excludes halogenated alkanes) is 2. The summed E-state index contributed by atoms with van der Waals surface area (Å²) < 4.78 is 0. The summed E-state index contributed by atoms with van der Waals surface area (Å²) in [5.74, 6) is -1.91. The Kier molecular flexibility index (Phi) is 10.8. The van der Waals surface area contributed by atoms with Crippen LogP contribution < -0.4 is 16.0 Å². The maximum Gasteiger partial charge on any atom is 0.256 e. The van der Waals surface area contributed by atoms with Crippen molar-refractivity contribution in [3.05, 3.63) is 41.5 Å². The second-order valence-corrected chi connectivity index (χ2v) is 9.30. The standard InChI is InChI=1S/C26H36N4O6/c1-16(2)23(25(35)27-18(4)24(34)28-20-11-9-19(15-31)10-12-20)29-21(32)8-6-5-7-13-30-22(33)14-17(3)26(30)36/h9-12,14,16,18,23,31H,5-8,13,15H2,1-4H3,(H,27,35)(H,28,34)(H,29,32)/t18-,23-/m0/s1. The van der Waals surface area contributed by atoms with Crippen molar-refractivity contribution in [2.45, 2.75) is 72.1 Å². The van der Waals surface area contributed by atoms with Crippen molar-refractivity contribution in [2.24, 2.45) is 5.92 Å². The van der Waals surface area contributed by atoms with Gasteiger partial charge < -0.3 is 21.1 Å². The third-order valence-corrected chi connectivity index (χ3v) is 5.90. The Labute approximate surface area is 211 Å². The molecule has 2 rings (SSSR count). The van der Waals surface area contributed by atoms with Gasteiger partial charge >= 0.3 is 0 Å². The number of anilines is 1. The maximum absolute atomic E-state index is 12.8. The van der Waals surface area contributed by atoms with Gasteiger partial charge in [-0.15, -0.1) is 0 Å². The van der Waals surface area contributed by atoms with Gasteiger partial charge in [-0.05, 0) is 50.3 Å². The van der Waals surface area contributed by atoms with Crippen LogP contribution in [0.2, 0.25) is 0 Å². The summed E-state index contributed by atoms with van der Waals surface area (Å²) in [5.41, 5.74) is 1.69. The topological polar surface area (TPSA) is 145 Å². The molecule has 0 unspecified atom stereocenters. The molecular formula is C26H36N4O6. The van der Waals surface area contributed by atoms with Gasteiger partial charge in [-0.1, -0.05) is 32.4 Å². The van der Waals surface area contributed by atoms with Crippen molar-refractivity contribution in [3.8, 4) is 0 Å². The summed E-state index contributed by atoms with van der Waals surface area (Å²) in [5, 5.41) is 17.2. The van der Waals surface area contributed by atoms with Gasteiger partial charge in [0.2, 0.25) is 17.7 Å². The predicted octanol–water partition coefficient (Wildman–Crippen LogP) is 1.64. The molecule has 0 aliphatic carbocycles. The van der Waals surface area contributed by atoms with E-state index in [2.05, 4.69) is 16.0 Å². The van der Waals surface area contributed by atoms with E-state index in [4.69, 9.17) is 5.11 Å². The largest absolute Gasteiger partial charge is 0.392 e. The van der Waals surface area contributed by atoms with Crippen LogP contribution >= 0.6 is 0 Å². The molecule has 4 N–H and O–H groups in total. The normalized spacial score (nSPS) is 14.9. The monoisotopic (exact) mass is 500 g/mol. The van der Waals surface area contributed by atoms with Gasteiger partial charge in [0.05, 0.1) is 6.61 Å². The van der Waals surface area contributed by atoms with Crippen molar-refractivity contribution in [1.82, 2.24) is 15.5 Å². The highest BCUT2D eigenvalue weighted by molar-refractivity contribution is 6.15. The lowest BCUT2D eigenvalue weighted by molar-refractivity contribution is -0.137. The fraction of sp³-hybridized carbons (Fsp3) is 0.500. The van der Waals surface area contributed by atoms with Crippen LogP contribution in [0.25, 0.3) is 0 Å². The van der Waals surface area contributed by atoms with Crippen molar-refractivity contribution in [1.29, 1.82) is 0 Å². The number of carbonyl (C=O) groups is 5. The number of amides is 5. The molecule has 1 aromatic rings. The molecule has 196 valence electrons. The molecule has 1 heterocycles. The van der Waals surface area contributed by atoms with Crippen molar-refractivity contribution in [2.75, 3.05) is 11.9 Å². The van der Waals surface area contributed by atoms with Gasteiger partial charge in [0.1, 0.15) is 12.1 Å². The number of hydrogen-bond acceptors (Lipinski definition) is 6. The zero-order chi connectivity index (χ0) is 26.8. The fourth-order valence-corrected chi connectivity index (χ4v) is 3.68. The lowest BCUT2D eigenvalue weighted by atomic mass is 10.0. The number of rotatable bonds is 13. The van der Waals surface area contributed by atoms with Gasteiger partial charge in [-0.2, -0.15) is 0 Å². The molecule has 1 aliphatic rings. The first-order valence-corrected chi connectivity index (χ1v) is 12.2. The summed E-state index contributed by atoms with van der Waals surface area (Å²) in [6, 6.07) is 5.06. The van der Waals surface area contributed by atoms with Crippen LogP contribution in [0.1, 0.15) is 58.9 Å². The van der Waals surface area contributed by atoms with Gasteiger partial charge in [0.25, 0.3) is 11.8 Å². The summed E-state index contributed by atoms with van der Waals surface area (Å²) in [6.07, 6.45) is 3.32. The number of nitrogens with zero attached hydrogens (tertiary/aromatic N) is 1. The Bertz CT molecular complexity index is 1000. The molecule has 10 nitrogen and oxygen atoms in total. The van der Waals surface area contributed by atoms with Crippen LogP contribution in [0.15, 0.2) is 35.9 Å². The SMILES string of the molecule is CC1=CC(=O)N(CCCCCC(=O)N[C@H](C(=O)N[C@@H](C)C(=O)Nc2ccc(CO)cc2)C(C)C)C1=O. The van der Waals surface area contributed by atoms with Crippen LogP contribution in [0.3, 0.4) is 0 Å². The molecule has 0 bridgehead atoms. The number of benzene rings is 1. The number of hydrogen-bond donors (Lipinski definition) is 4. The molecule has 5 amide bonds. The molecule has 0 spiro atoms. The number of aliphatic hydroxyl groups is 1. The van der Waals surface area contributed by atoms with Crippen LogP contribution in [-0.4, -0.2) is 58.2 Å². The Morgan fingerprint density at radius 2 is 1.61 bits per heavy atom. The van der Waals surface area contributed by atoms with E-state index in [9.17, 15) is 24.0 Å². The van der Waals surface area contributed by atoms with Crippen molar-refractivity contribution < 1.29 is 29.1 Å². The van der Waals surface area contributed by atoms with E-state index in [1.54, 1.807) is 52.0 Å². The average Bonchev–Trinajstić information content (AvgIpc) is 3.08. The summed E-state index contributed by atoms with van der Waals surface area (Å²) >= 11 is 0. The van der Waals surface area contributed by atoms with E-state index >= 15 is 0 Å². The van der Waals surface area contributed by atoms with Crippen molar-refractivity contribution in [3.63, 3.8) is 0 Å². The molecule has 0 fully saturated rings. The highest BCUT2D eigenvalue weighted by Crippen LogP contribution is 2.14. The Hall–Kier alpha value is -3.53. The van der Waals surface area contributed by atoms with Gasteiger partial charge in [-0.3, -0.25) is 28.9 Å². The predicted molar refractivity (Wildman–Crippen MR) is 134 cm³/mol. The molecular weight excluding hydrogens is 464 g/mol. The van der Waals surface area contributed by atoms with Crippen LogP contribution in [-0.2, 0) is 30.6 Å². The average molecular weight is 501 g/mol. The minimum absolute atomic E-state index is 0.0962. The third kappa shape index (κ3) is 8.30. The van der Waals surface area contributed by atoms with Gasteiger partial charge in [0.15, 0.2) is 0 Å². The molecule has 10 heteroatoms. The molecule has 36 heavy (non-hydrogen) atoms. The third-order valence-electron chi connectivity index (χ3n) is 5.90. The highest BCUT2D eigenvalue weighted by Gasteiger charge is 2.28. The van der Waals surface area contributed by atoms with E-state index in [1.807, 2.05) is 0 Å². The zero-order valence-corrected chi connectivity index (χ0v) is 21.3. The van der Waals surface area contributed by atoms with Gasteiger partial charge in [0, 0.05) is 30.3 Å². The number of nitrogens with one attached hydrogen (secondary N) is 3. The van der Waals surface area contributed by atoms with E-state index in [1.165, 1.54) is 11.0 Å². The second-order valence-electron chi connectivity index (χ2n) is 9.30. The smallest absolute Gasteiger partial charge is 0.256 e. The zero-order valence-electron chi connectivity index (χ0n) is 21.3. The molecule has 0 saturated heterocycles. The molecule has 1 aliphatic heterocycles. The summed E-state index contributed by atoms with van der Waals surface area (Å²) in [4.78, 5) is 62.5. The van der Waals surface area contributed by atoms with E-state index < -0.39 is 23.9 Å². The molecule has 0 aromatic heterocycles. The molecule has 0 radical (unpaired) electrons. The molecule has 0 saturated carbocycles. The van der Waals surface area contributed by atoms with E-state index in [0.717, 1.165) is 0 Å². The lowest BCUT2D eigenvalue weighted by Gasteiger charge is -2.24. The minimum Gasteiger partial charge on any atom is -0.392 e. The maximum atomic E-state index is 12.8. The quantitative estimate of drug-likeness (QED) is 0.239. The lowest BCUT2D eigenvalue weighted by Crippen LogP contribution is -2.53. The highest BCUT2D eigenvalue weighted by atomic mass is 16.3. The minimum atomic E-state index is -0.831. The Balaban J connectivity index is 1.75. The number of imide groups is 1. The van der Waals surface area contributed by atoms with Gasteiger partial charge in [-0.25, -0.2) is 0 Å². The molecule has 2 atom stereocenters. The van der Waals surface area contributed by atoms with E-state index in [0.29, 0.717) is 42.6 Å². The Morgan fingerprint density at radius 1 is 0.944 bits per heavy atom. The summed E-state index contributed by atoms with van der Waals surface area (Å²) in [6.45, 7) is 6.99. The number of carbonyl (C=O) groups excluding carboxylic acids is 5. The first kappa shape index (κ1) is 28.7. The van der Waals surface area contributed by atoms with Crippen LogP contribution in [0, 0.1) is 5.92 Å². The van der Waals surface area contributed by atoms with Crippen molar-refractivity contribution >= 4 is 35.2 Å². The van der Waals surface area contributed by atoms with Crippen LogP contribution in [0.4, 0.5) is 5.69 Å². The summed E-state index contributed by atoms with van der Waals surface area (Å²) in [7, 11) is 0. The second kappa shape index (κ2) is 13.5. The van der Waals surface area contributed by atoms with Crippen LogP contribution in [0.5, 0.6) is 0 Å². The first-order valence-electron chi connectivity index (χ1n) is 12.2. The molecule has 1 aromatic carbocycles. The fourth-order valence-electron chi connectivity index (χ4n) is 3.68. The number of aliphatic hydroxyl groups excluding tert-OH is 1. The van der Waals surface area contributed by atoms with E-state index in [-0.39, 0.29) is 36.7 Å².